The fourth-order valence-corrected chi connectivity index (χ4v) is 5.63. The Hall–Kier alpha value is -4.61. The Morgan fingerprint density at radius 3 is 2.62 bits per heavy atom. The van der Waals surface area contributed by atoms with Crippen LogP contribution in [0.5, 0.6) is 0 Å². The third-order valence-corrected chi connectivity index (χ3v) is 8.26. The molecule has 2 aromatic carbocycles. The van der Waals surface area contributed by atoms with E-state index in [1.54, 1.807) is 17.4 Å². The molecule has 1 saturated carbocycles. The number of hydrazine groups is 2. The van der Waals surface area contributed by atoms with Crippen LogP contribution in [-0.2, 0) is 5.54 Å². The Kier molecular flexibility index (Phi) is 7.49. The summed E-state index contributed by atoms with van der Waals surface area (Å²) in [5, 5.41) is 31.5. The minimum absolute atomic E-state index is 0.0578. The number of pyridine rings is 1. The predicted octanol–water partition coefficient (Wildman–Crippen LogP) is 6.14. The highest BCUT2D eigenvalue weighted by atomic mass is 35.5. The predicted molar refractivity (Wildman–Crippen MR) is 167 cm³/mol. The molecule has 1 atom stereocenters. The summed E-state index contributed by atoms with van der Waals surface area (Å²) in [5.74, 6) is 0. The lowest BCUT2D eigenvalue weighted by molar-refractivity contribution is -0.182. The maximum atomic E-state index is 14.0. The highest BCUT2D eigenvalue weighted by molar-refractivity contribution is 6.35. The van der Waals surface area contributed by atoms with Gasteiger partial charge in [0, 0.05) is 23.8 Å². The van der Waals surface area contributed by atoms with Crippen LogP contribution < -0.4 is 26.7 Å². The Balaban J connectivity index is 1.47. The van der Waals surface area contributed by atoms with E-state index in [1.807, 2.05) is 31.2 Å². The van der Waals surface area contributed by atoms with Crippen molar-refractivity contribution < 1.29 is 13.2 Å². The zero-order chi connectivity index (χ0) is 32.1. The van der Waals surface area contributed by atoms with Gasteiger partial charge in [-0.15, -0.1) is 10.6 Å². The number of rotatable bonds is 8. The molecule has 11 nitrogen and oxygen atoms in total. The van der Waals surface area contributed by atoms with Crippen LogP contribution in [0.15, 0.2) is 47.8 Å². The average molecular weight is 638 g/mol. The molecular weight excluding hydrogens is 607 g/mol. The van der Waals surface area contributed by atoms with Crippen molar-refractivity contribution in [1.82, 2.24) is 31.0 Å². The summed E-state index contributed by atoms with van der Waals surface area (Å²) in [4.78, 5) is 4.44. The summed E-state index contributed by atoms with van der Waals surface area (Å²) in [7, 11) is 0. The largest absolute Gasteiger partial charge is 0.413 e. The van der Waals surface area contributed by atoms with Crippen molar-refractivity contribution in [2.45, 2.75) is 58.3 Å². The van der Waals surface area contributed by atoms with Crippen molar-refractivity contribution in [1.29, 1.82) is 5.26 Å². The fraction of sp³-hybridized carbons (Fsp3) is 0.367. The van der Waals surface area contributed by atoms with Crippen LogP contribution in [0.25, 0.3) is 10.9 Å². The van der Waals surface area contributed by atoms with Crippen molar-refractivity contribution in [3.8, 4) is 6.07 Å². The van der Waals surface area contributed by atoms with E-state index in [2.05, 4.69) is 68.9 Å². The van der Waals surface area contributed by atoms with E-state index < -0.39 is 17.8 Å². The van der Waals surface area contributed by atoms with Gasteiger partial charge in [0.25, 0.3) is 0 Å². The third-order valence-electron chi connectivity index (χ3n) is 7.97. The van der Waals surface area contributed by atoms with Crippen LogP contribution in [0.2, 0.25) is 5.02 Å². The van der Waals surface area contributed by atoms with E-state index in [0.29, 0.717) is 39.4 Å². The summed E-state index contributed by atoms with van der Waals surface area (Å²) in [5.41, 5.74) is 8.06. The molecule has 45 heavy (non-hydrogen) atoms. The van der Waals surface area contributed by atoms with Crippen LogP contribution >= 0.6 is 11.6 Å². The van der Waals surface area contributed by atoms with Crippen LogP contribution in [0.3, 0.4) is 0 Å². The van der Waals surface area contributed by atoms with Crippen molar-refractivity contribution in [3.63, 3.8) is 0 Å². The zero-order valence-corrected chi connectivity index (χ0v) is 25.7. The zero-order valence-electron chi connectivity index (χ0n) is 25.0. The van der Waals surface area contributed by atoms with Crippen molar-refractivity contribution in [2.24, 2.45) is 10.5 Å². The molecule has 2 aromatic heterocycles. The normalized spacial score (nSPS) is 16.4. The van der Waals surface area contributed by atoms with Gasteiger partial charge >= 0.3 is 6.18 Å². The van der Waals surface area contributed by atoms with E-state index in [-0.39, 0.29) is 24.0 Å². The Bertz CT molecular complexity index is 1830. The summed E-state index contributed by atoms with van der Waals surface area (Å²) < 4.78 is 42.9. The number of fused-ring (bicyclic) bond motifs is 1. The molecule has 3 heterocycles. The molecule has 0 saturated heterocycles. The third kappa shape index (κ3) is 5.69. The second-order valence-electron chi connectivity index (χ2n) is 12.5. The van der Waals surface area contributed by atoms with Crippen LogP contribution in [0.1, 0.15) is 62.0 Å². The van der Waals surface area contributed by atoms with Gasteiger partial charge in [0.2, 0.25) is 0 Å². The summed E-state index contributed by atoms with van der Waals surface area (Å²) in [6.45, 7) is 8.72. The number of hydrogen-bond donors (Lipinski definition) is 4. The molecule has 0 unspecified atom stereocenters. The maximum absolute atomic E-state index is 14.0. The number of aromatic nitrogens is 4. The van der Waals surface area contributed by atoms with Gasteiger partial charge in [-0.1, -0.05) is 49.7 Å². The number of nitrogens with one attached hydrogen (secondary N) is 4. The van der Waals surface area contributed by atoms with Gasteiger partial charge in [0.15, 0.2) is 5.54 Å². The number of hydrogen-bond acceptors (Lipinski definition) is 10. The molecule has 234 valence electrons. The molecule has 1 aliphatic carbocycles. The molecule has 0 radical (unpaired) electrons. The summed E-state index contributed by atoms with van der Waals surface area (Å²) in [6, 6.07) is 10.6. The van der Waals surface area contributed by atoms with Crippen LogP contribution in [0, 0.1) is 23.7 Å². The van der Waals surface area contributed by atoms with Gasteiger partial charge in [0.05, 0.1) is 39.7 Å². The van der Waals surface area contributed by atoms with Crippen molar-refractivity contribution >= 4 is 45.9 Å². The topological polar surface area (TPSA) is 131 Å². The molecule has 4 N–H and O–H groups in total. The molecule has 15 heteroatoms. The number of hydrazone groups is 1. The fourth-order valence-electron chi connectivity index (χ4n) is 5.36. The molecule has 4 aromatic rings. The highest BCUT2D eigenvalue weighted by Crippen LogP contribution is 2.55. The molecule has 0 spiro atoms. The SMILES string of the molecule is Cc1c([C@H](Nc2cc(Cl)c3ncc(C#N)c(NCC(C)(C)C)c3c2)c2cn(C3(C(F)(F)F)CC3)nn2)cccc1N1C=NNN1. The first-order valence-electron chi connectivity index (χ1n) is 14.3. The lowest BCUT2D eigenvalue weighted by atomic mass is 9.96. The first-order chi connectivity index (χ1) is 21.3. The van der Waals surface area contributed by atoms with E-state index in [0.717, 1.165) is 21.5 Å². The molecular formula is C30H31ClF3N11. The minimum atomic E-state index is -4.46. The monoisotopic (exact) mass is 637 g/mol. The van der Waals surface area contributed by atoms with E-state index in [1.165, 1.54) is 12.4 Å². The second kappa shape index (κ2) is 11.1. The number of nitrogens with zero attached hydrogens (tertiary/aromatic N) is 7. The number of benzene rings is 2. The van der Waals surface area contributed by atoms with E-state index in [4.69, 9.17) is 11.6 Å². The molecule has 1 aliphatic heterocycles. The maximum Gasteiger partial charge on any atom is 0.413 e. The highest BCUT2D eigenvalue weighted by Gasteiger charge is 2.66. The van der Waals surface area contributed by atoms with Gasteiger partial charge in [-0.3, -0.25) is 4.98 Å². The van der Waals surface area contributed by atoms with Gasteiger partial charge in [-0.25, -0.2) is 15.2 Å². The lowest BCUT2D eigenvalue weighted by Crippen LogP contribution is -2.37. The first kappa shape index (κ1) is 30.4. The summed E-state index contributed by atoms with van der Waals surface area (Å²) >= 11 is 6.75. The number of halogens is 4. The molecule has 6 rings (SSSR count). The average Bonchev–Trinajstić information content (AvgIpc) is 3.38. The number of alkyl halides is 3. The quantitative estimate of drug-likeness (QED) is 0.180. The Morgan fingerprint density at radius 1 is 1.20 bits per heavy atom. The summed E-state index contributed by atoms with van der Waals surface area (Å²) in [6.07, 6.45) is -0.162. The van der Waals surface area contributed by atoms with Crippen molar-refractivity contribution in [2.75, 3.05) is 22.2 Å². The number of nitriles is 1. The number of anilines is 3. The molecule has 2 aliphatic rings. The van der Waals surface area contributed by atoms with E-state index in [9.17, 15) is 18.4 Å². The minimum Gasteiger partial charge on any atom is -0.383 e. The Morgan fingerprint density at radius 2 is 1.98 bits per heavy atom. The molecule has 0 bridgehead atoms. The van der Waals surface area contributed by atoms with Crippen LogP contribution in [0.4, 0.5) is 30.2 Å². The smallest absolute Gasteiger partial charge is 0.383 e. The van der Waals surface area contributed by atoms with Gasteiger partial charge < -0.3 is 10.6 Å². The second-order valence-corrected chi connectivity index (χ2v) is 12.9. The molecule has 0 amide bonds. The van der Waals surface area contributed by atoms with Gasteiger partial charge in [-0.2, -0.15) is 23.5 Å². The first-order valence-corrected chi connectivity index (χ1v) is 14.6. The molecule has 1 fully saturated rings. The van der Waals surface area contributed by atoms with Crippen molar-refractivity contribution in [3.05, 3.63) is 70.1 Å². The standard InChI is InChI=1S/C30H31ClF3N11/c1-17-20(6-5-7-24(17)44-16-38-41-43-44)27(23-14-45(42-40-23)29(8-9-29)30(32,33)34)39-19-10-21-25(37-15-28(2,3)4)18(12-35)13-36-26(21)22(31)11-19/h5-7,10-11,13-14,16,27,39,41,43H,8-9,15H2,1-4H3,(H,36,37)/t27-/m0/s1. The Labute approximate surface area is 262 Å². The van der Waals surface area contributed by atoms with Gasteiger partial charge in [0.1, 0.15) is 18.1 Å². The lowest BCUT2D eigenvalue weighted by Gasteiger charge is -2.25. The van der Waals surface area contributed by atoms with Gasteiger partial charge in [-0.05, 0) is 54.5 Å². The van der Waals surface area contributed by atoms with E-state index >= 15 is 0 Å². The van der Waals surface area contributed by atoms with Crippen LogP contribution in [-0.4, -0.2) is 39.0 Å².